The molecule has 0 spiro atoms. The minimum absolute atomic E-state index is 0.149. The van der Waals surface area contributed by atoms with Crippen LogP contribution in [0.3, 0.4) is 0 Å². The van der Waals surface area contributed by atoms with E-state index in [1.807, 2.05) is 19.9 Å². The fourth-order valence-electron chi connectivity index (χ4n) is 2.04. The van der Waals surface area contributed by atoms with E-state index in [-0.39, 0.29) is 11.9 Å². The number of nitrogens with two attached hydrogens (primary N) is 1. The third-order valence-electron chi connectivity index (χ3n) is 3.14. The van der Waals surface area contributed by atoms with Crippen molar-refractivity contribution in [2.75, 3.05) is 5.43 Å². The first kappa shape index (κ1) is 14.1. The Morgan fingerprint density at radius 2 is 2.30 bits per heavy atom. The van der Waals surface area contributed by atoms with Gasteiger partial charge in [-0.15, -0.1) is 0 Å². The number of hydrazine groups is 1. The average Bonchev–Trinajstić information content (AvgIpc) is 2.98. The zero-order chi connectivity index (χ0) is 14.5. The van der Waals surface area contributed by atoms with Crippen LogP contribution in [0, 0.1) is 6.92 Å². The molecule has 1 unspecified atom stereocenters. The van der Waals surface area contributed by atoms with E-state index in [4.69, 9.17) is 5.84 Å². The van der Waals surface area contributed by atoms with Gasteiger partial charge in [0.25, 0.3) is 5.91 Å². The third-order valence-corrected chi connectivity index (χ3v) is 3.14. The van der Waals surface area contributed by atoms with Crippen molar-refractivity contribution in [1.82, 2.24) is 15.3 Å². The van der Waals surface area contributed by atoms with E-state index in [0.717, 1.165) is 17.8 Å². The molecule has 2 rings (SSSR count). The Bertz CT molecular complexity index is 579. The molecule has 2 aromatic rings. The summed E-state index contributed by atoms with van der Waals surface area (Å²) in [6.07, 6.45) is 4.16. The number of hydrogen-bond donors (Lipinski definition) is 4. The van der Waals surface area contributed by atoms with Crippen molar-refractivity contribution in [2.45, 2.75) is 26.3 Å². The molecule has 1 aromatic heterocycles. The van der Waals surface area contributed by atoms with Crippen LogP contribution in [0.1, 0.15) is 41.1 Å². The molecule has 106 valence electrons. The van der Waals surface area contributed by atoms with Crippen LogP contribution in [-0.2, 0) is 0 Å². The highest BCUT2D eigenvalue weighted by Crippen LogP contribution is 2.18. The zero-order valence-corrected chi connectivity index (χ0v) is 11.6. The van der Waals surface area contributed by atoms with E-state index in [1.165, 1.54) is 0 Å². The molecule has 6 heteroatoms. The van der Waals surface area contributed by atoms with Crippen molar-refractivity contribution >= 4 is 11.6 Å². The molecule has 0 radical (unpaired) electrons. The van der Waals surface area contributed by atoms with Gasteiger partial charge in [-0.2, -0.15) is 0 Å². The molecule has 0 bridgehead atoms. The molecule has 1 amide bonds. The number of carbonyl (C=O) groups is 1. The molecular formula is C14H19N5O. The van der Waals surface area contributed by atoms with Gasteiger partial charge >= 0.3 is 0 Å². The molecule has 1 aromatic carbocycles. The molecule has 0 aliphatic heterocycles. The highest BCUT2D eigenvalue weighted by Gasteiger charge is 2.18. The number of amides is 1. The molecule has 0 saturated heterocycles. The van der Waals surface area contributed by atoms with Gasteiger partial charge in [-0.05, 0) is 25.5 Å². The summed E-state index contributed by atoms with van der Waals surface area (Å²) in [5.41, 5.74) is 4.67. The van der Waals surface area contributed by atoms with Crippen LogP contribution in [0.5, 0.6) is 0 Å². The number of hydrogen-bond acceptors (Lipinski definition) is 4. The standard InChI is InChI=1S/C14H19N5O/c1-3-11(13-16-6-7-17-13)18-14(20)10-8-9(2)4-5-12(10)19-15/h4-8,11,19H,3,15H2,1-2H3,(H,16,17)(H,18,20). The summed E-state index contributed by atoms with van der Waals surface area (Å²) in [7, 11) is 0. The van der Waals surface area contributed by atoms with Crippen LogP contribution < -0.4 is 16.6 Å². The van der Waals surface area contributed by atoms with E-state index in [0.29, 0.717) is 11.3 Å². The summed E-state index contributed by atoms with van der Waals surface area (Å²) < 4.78 is 0. The maximum absolute atomic E-state index is 12.4. The predicted molar refractivity (Wildman–Crippen MR) is 78.1 cm³/mol. The maximum Gasteiger partial charge on any atom is 0.254 e. The van der Waals surface area contributed by atoms with Crippen molar-refractivity contribution < 1.29 is 4.79 Å². The molecule has 6 nitrogen and oxygen atoms in total. The van der Waals surface area contributed by atoms with Crippen molar-refractivity contribution in [2.24, 2.45) is 5.84 Å². The summed E-state index contributed by atoms with van der Waals surface area (Å²) in [5, 5.41) is 2.96. The van der Waals surface area contributed by atoms with Gasteiger partial charge in [0.05, 0.1) is 17.3 Å². The number of benzene rings is 1. The van der Waals surface area contributed by atoms with Gasteiger partial charge in [0, 0.05) is 12.4 Å². The number of nitrogens with zero attached hydrogens (tertiary/aromatic N) is 1. The van der Waals surface area contributed by atoms with Crippen LogP contribution in [0.25, 0.3) is 0 Å². The second-order valence-corrected chi connectivity index (χ2v) is 4.60. The highest BCUT2D eigenvalue weighted by atomic mass is 16.1. The van der Waals surface area contributed by atoms with Gasteiger partial charge < -0.3 is 15.7 Å². The molecule has 0 aliphatic rings. The summed E-state index contributed by atoms with van der Waals surface area (Å²) in [6.45, 7) is 3.92. The van der Waals surface area contributed by atoms with Crippen LogP contribution in [0.4, 0.5) is 5.69 Å². The van der Waals surface area contributed by atoms with Gasteiger partial charge in [-0.25, -0.2) is 4.98 Å². The normalized spacial score (nSPS) is 11.9. The van der Waals surface area contributed by atoms with Crippen molar-refractivity contribution in [3.63, 3.8) is 0 Å². The Hall–Kier alpha value is -2.34. The third kappa shape index (κ3) is 2.97. The molecule has 5 N–H and O–H groups in total. The Labute approximate surface area is 117 Å². The summed E-state index contributed by atoms with van der Waals surface area (Å²) in [5.74, 6) is 6.02. The van der Waals surface area contributed by atoms with Crippen LogP contribution in [-0.4, -0.2) is 15.9 Å². The maximum atomic E-state index is 12.4. The van der Waals surface area contributed by atoms with Gasteiger partial charge in [-0.1, -0.05) is 18.6 Å². The Morgan fingerprint density at radius 1 is 1.50 bits per heavy atom. The summed E-state index contributed by atoms with van der Waals surface area (Å²) in [6, 6.07) is 5.34. The zero-order valence-electron chi connectivity index (χ0n) is 11.6. The molecule has 0 saturated carbocycles. The van der Waals surface area contributed by atoms with Crippen LogP contribution in [0.15, 0.2) is 30.6 Å². The summed E-state index contributed by atoms with van der Waals surface area (Å²) in [4.78, 5) is 19.6. The Morgan fingerprint density at radius 3 is 2.90 bits per heavy atom. The minimum atomic E-state index is -0.176. The number of nitrogens with one attached hydrogen (secondary N) is 3. The number of rotatable bonds is 5. The monoisotopic (exact) mass is 273 g/mol. The number of aromatic nitrogens is 2. The lowest BCUT2D eigenvalue weighted by Crippen LogP contribution is -2.30. The summed E-state index contributed by atoms with van der Waals surface area (Å²) >= 11 is 0. The predicted octanol–water partition coefficient (Wildman–Crippen LogP) is 1.88. The largest absolute Gasteiger partial charge is 0.347 e. The van der Waals surface area contributed by atoms with Crippen LogP contribution >= 0.6 is 0 Å². The lowest BCUT2D eigenvalue weighted by Gasteiger charge is -2.16. The van der Waals surface area contributed by atoms with E-state index in [1.54, 1.807) is 24.5 Å². The van der Waals surface area contributed by atoms with E-state index < -0.39 is 0 Å². The van der Waals surface area contributed by atoms with Crippen molar-refractivity contribution in [1.29, 1.82) is 0 Å². The van der Waals surface area contributed by atoms with Gasteiger partial charge in [-0.3, -0.25) is 10.6 Å². The first-order valence-electron chi connectivity index (χ1n) is 6.53. The topological polar surface area (TPSA) is 95.8 Å². The van der Waals surface area contributed by atoms with E-state index in [2.05, 4.69) is 20.7 Å². The minimum Gasteiger partial charge on any atom is -0.347 e. The van der Waals surface area contributed by atoms with Crippen LogP contribution in [0.2, 0.25) is 0 Å². The van der Waals surface area contributed by atoms with Gasteiger partial charge in [0.1, 0.15) is 5.82 Å². The SMILES string of the molecule is CCC(NC(=O)c1cc(C)ccc1NN)c1ncc[nH]1. The number of carbonyl (C=O) groups excluding carboxylic acids is 1. The lowest BCUT2D eigenvalue weighted by atomic mass is 10.1. The van der Waals surface area contributed by atoms with Gasteiger partial charge in [0.2, 0.25) is 0 Å². The molecule has 0 aliphatic carbocycles. The second-order valence-electron chi connectivity index (χ2n) is 4.60. The smallest absolute Gasteiger partial charge is 0.254 e. The molecule has 20 heavy (non-hydrogen) atoms. The molecular weight excluding hydrogens is 254 g/mol. The molecule has 1 atom stereocenters. The molecule has 0 fully saturated rings. The van der Waals surface area contributed by atoms with E-state index >= 15 is 0 Å². The number of nitrogen functional groups attached to an aromatic ring is 1. The average molecular weight is 273 g/mol. The van der Waals surface area contributed by atoms with Crippen molar-refractivity contribution in [3.8, 4) is 0 Å². The number of imidazole rings is 1. The van der Waals surface area contributed by atoms with Gasteiger partial charge in [0.15, 0.2) is 0 Å². The first-order chi connectivity index (χ1) is 9.65. The Kier molecular flexibility index (Phi) is 4.37. The second kappa shape index (κ2) is 6.21. The highest BCUT2D eigenvalue weighted by molar-refractivity contribution is 5.99. The number of aromatic amines is 1. The molecule has 1 heterocycles. The van der Waals surface area contributed by atoms with Crippen molar-refractivity contribution in [3.05, 3.63) is 47.5 Å². The fourth-order valence-corrected chi connectivity index (χ4v) is 2.04. The quantitative estimate of drug-likeness (QED) is 0.494. The lowest BCUT2D eigenvalue weighted by molar-refractivity contribution is 0.0934. The fraction of sp³-hybridized carbons (Fsp3) is 0.286. The number of anilines is 1. The first-order valence-corrected chi connectivity index (χ1v) is 6.53. The van der Waals surface area contributed by atoms with E-state index in [9.17, 15) is 4.79 Å². The Balaban J connectivity index is 2.21. The number of aryl methyl sites for hydroxylation is 1. The number of H-pyrrole nitrogens is 1.